The summed E-state index contributed by atoms with van der Waals surface area (Å²) in [5.74, 6) is 0. The molecular formula is C12H17N3. The third-order valence-corrected chi connectivity index (χ3v) is 1.88. The lowest BCUT2D eigenvalue weighted by atomic mass is 10.3. The Labute approximate surface area is 90.6 Å². The van der Waals surface area contributed by atoms with Crippen molar-refractivity contribution in [3.63, 3.8) is 0 Å². The Balaban J connectivity index is 0.000000531. The molecule has 0 saturated carbocycles. The van der Waals surface area contributed by atoms with E-state index in [1.165, 1.54) is 0 Å². The van der Waals surface area contributed by atoms with Crippen molar-refractivity contribution in [2.24, 2.45) is 0 Å². The van der Waals surface area contributed by atoms with Gasteiger partial charge in [-0.1, -0.05) is 19.9 Å². The van der Waals surface area contributed by atoms with E-state index in [-0.39, 0.29) is 0 Å². The van der Waals surface area contributed by atoms with Gasteiger partial charge in [0, 0.05) is 17.6 Å². The summed E-state index contributed by atoms with van der Waals surface area (Å²) in [5, 5.41) is 0. The average molecular weight is 203 g/mol. The van der Waals surface area contributed by atoms with E-state index in [0.717, 1.165) is 17.1 Å². The largest absolute Gasteiger partial charge is 0.399 e. The fourth-order valence-corrected chi connectivity index (χ4v) is 1.25. The molecule has 0 fully saturated rings. The van der Waals surface area contributed by atoms with E-state index in [4.69, 9.17) is 5.73 Å². The number of rotatable bonds is 1. The standard InChI is InChI=1S/C10H11N3.C2H6/c1-8-6-13(7-12-8)10-4-2-3-9(11)5-10;1-2/h2-7H,11H2,1H3;1-2H3. The van der Waals surface area contributed by atoms with E-state index < -0.39 is 0 Å². The number of anilines is 1. The third kappa shape index (κ3) is 2.84. The summed E-state index contributed by atoms with van der Waals surface area (Å²) in [4.78, 5) is 4.14. The SMILES string of the molecule is CC.Cc1cn(-c2cccc(N)c2)cn1. The van der Waals surface area contributed by atoms with Crippen LogP contribution in [0.25, 0.3) is 5.69 Å². The number of nitrogens with two attached hydrogens (primary N) is 1. The Morgan fingerprint density at radius 3 is 2.53 bits per heavy atom. The molecule has 80 valence electrons. The van der Waals surface area contributed by atoms with Crippen LogP contribution in [0.4, 0.5) is 5.69 Å². The molecule has 0 unspecified atom stereocenters. The van der Waals surface area contributed by atoms with Crippen LogP contribution in [0.3, 0.4) is 0 Å². The molecule has 2 N–H and O–H groups in total. The molecule has 0 spiro atoms. The van der Waals surface area contributed by atoms with Crippen LogP contribution < -0.4 is 5.73 Å². The predicted octanol–water partition coefficient (Wildman–Crippen LogP) is 2.79. The molecule has 1 aromatic heterocycles. The van der Waals surface area contributed by atoms with Gasteiger partial charge in [-0.05, 0) is 25.1 Å². The summed E-state index contributed by atoms with van der Waals surface area (Å²) in [6.07, 6.45) is 3.75. The molecule has 0 aliphatic carbocycles. The van der Waals surface area contributed by atoms with Gasteiger partial charge in [-0.3, -0.25) is 0 Å². The molecule has 1 aromatic carbocycles. The summed E-state index contributed by atoms with van der Waals surface area (Å²) in [6.45, 7) is 5.96. The highest BCUT2D eigenvalue weighted by Gasteiger charge is 1.96. The van der Waals surface area contributed by atoms with Crippen LogP contribution in [-0.4, -0.2) is 9.55 Å². The minimum absolute atomic E-state index is 0.767. The van der Waals surface area contributed by atoms with E-state index in [1.807, 2.05) is 55.8 Å². The number of nitrogen functional groups attached to an aromatic ring is 1. The Morgan fingerprint density at radius 1 is 1.27 bits per heavy atom. The number of aromatic nitrogens is 2. The van der Waals surface area contributed by atoms with Gasteiger partial charge in [0.15, 0.2) is 0 Å². The van der Waals surface area contributed by atoms with Crippen LogP contribution in [0, 0.1) is 6.92 Å². The summed E-state index contributed by atoms with van der Waals surface area (Å²) in [7, 11) is 0. The maximum absolute atomic E-state index is 5.67. The lowest BCUT2D eigenvalue weighted by Crippen LogP contribution is -1.91. The first-order valence-electron chi connectivity index (χ1n) is 5.12. The van der Waals surface area contributed by atoms with Gasteiger partial charge in [-0.15, -0.1) is 0 Å². The second-order valence-corrected chi connectivity index (χ2v) is 3.02. The van der Waals surface area contributed by atoms with Gasteiger partial charge in [0.05, 0.1) is 12.0 Å². The van der Waals surface area contributed by atoms with Gasteiger partial charge in [-0.25, -0.2) is 4.98 Å². The van der Waals surface area contributed by atoms with Crippen LogP contribution in [0.2, 0.25) is 0 Å². The molecule has 3 heteroatoms. The Bertz CT molecular complexity index is 418. The van der Waals surface area contributed by atoms with Gasteiger partial charge >= 0.3 is 0 Å². The van der Waals surface area contributed by atoms with Crippen LogP contribution in [0.1, 0.15) is 19.5 Å². The summed E-state index contributed by atoms with van der Waals surface area (Å²) < 4.78 is 1.95. The molecule has 0 saturated heterocycles. The number of hydrogen-bond donors (Lipinski definition) is 1. The average Bonchev–Trinajstić information content (AvgIpc) is 2.68. The molecule has 3 nitrogen and oxygen atoms in total. The van der Waals surface area contributed by atoms with Gasteiger partial charge in [0.1, 0.15) is 0 Å². The van der Waals surface area contributed by atoms with E-state index in [0.29, 0.717) is 0 Å². The molecule has 2 aromatic rings. The topological polar surface area (TPSA) is 43.8 Å². The van der Waals surface area contributed by atoms with E-state index in [2.05, 4.69) is 4.98 Å². The normalized spacial score (nSPS) is 9.27. The van der Waals surface area contributed by atoms with Crippen molar-refractivity contribution in [2.45, 2.75) is 20.8 Å². The highest BCUT2D eigenvalue weighted by atomic mass is 15.0. The van der Waals surface area contributed by atoms with Gasteiger partial charge in [0.2, 0.25) is 0 Å². The summed E-state index contributed by atoms with van der Waals surface area (Å²) >= 11 is 0. The molecule has 1 heterocycles. The van der Waals surface area contributed by atoms with Crippen LogP contribution >= 0.6 is 0 Å². The molecular weight excluding hydrogens is 186 g/mol. The van der Waals surface area contributed by atoms with Gasteiger partial charge < -0.3 is 10.3 Å². The minimum atomic E-state index is 0.767. The fraction of sp³-hybridized carbons (Fsp3) is 0.250. The number of aryl methyl sites for hydroxylation is 1. The lowest BCUT2D eigenvalue weighted by molar-refractivity contribution is 1.06. The molecule has 0 amide bonds. The van der Waals surface area contributed by atoms with E-state index >= 15 is 0 Å². The van der Waals surface area contributed by atoms with Crippen LogP contribution in [-0.2, 0) is 0 Å². The second kappa shape index (κ2) is 5.20. The molecule has 0 radical (unpaired) electrons. The van der Waals surface area contributed by atoms with Crippen LogP contribution in [0.5, 0.6) is 0 Å². The summed E-state index contributed by atoms with van der Waals surface area (Å²) in [5.41, 5.74) is 8.48. The van der Waals surface area contributed by atoms with Crippen molar-refractivity contribution in [2.75, 3.05) is 5.73 Å². The monoisotopic (exact) mass is 203 g/mol. The zero-order valence-electron chi connectivity index (χ0n) is 9.44. The fourth-order valence-electron chi connectivity index (χ4n) is 1.25. The maximum atomic E-state index is 5.67. The first-order valence-corrected chi connectivity index (χ1v) is 5.12. The first-order chi connectivity index (χ1) is 7.25. The molecule has 0 aliphatic heterocycles. The molecule has 2 rings (SSSR count). The summed E-state index contributed by atoms with van der Waals surface area (Å²) in [6, 6.07) is 7.71. The van der Waals surface area contributed by atoms with Crippen molar-refractivity contribution in [3.8, 4) is 5.69 Å². The predicted molar refractivity (Wildman–Crippen MR) is 64.1 cm³/mol. The number of imidazole rings is 1. The highest BCUT2D eigenvalue weighted by Crippen LogP contribution is 2.11. The Kier molecular flexibility index (Phi) is 3.92. The zero-order valence-corrected chi connectivity index (χ0v) is 9.44. The molecule has 0 aliphatic rings. The first kappa shape index (κ1) is 11.3. The quantitative estimate of drug-likeness (QED) is 0.724. The second-order valence-electron chi connectivity index (χ2n) is 3.02. The van der Waals surface area contributed by atoms with Crippen LogP contribution in [0.15, 0.2) is 36.8 Å². The van der Waals surface area contributed by atoms with E-state index in [1.54, 1.807) is 6.33 Å². The third-order valence-electron chi connectivity index (χ3n) is 1.88. The van der Waals surface area contributed by atoms with Crippen molar-refractivity contribution in [1.82, 2.24) is 9.55 Å². The van der Waals surface area contributed by atoms with Crippen molar-refractivity contribution in [1.29, 1.82) is 0 Å². The van der Waals surface area contributed by atoms with Crippen molar-refractivity contribution >= 4 is 5.69 Å². The molecule has 0 atom stereocenters. The smallest absolute Gasteiger partial charge is 0.0995 e. The zero-order chi connectivity index (χ0) is 11.3. The van der Waals surface area contributed by atoms with Crippen molar-refractivity contribution < 1.29 is 0 Å². The van der Waals surface area contributed by atoms with Gasteiger partial charge in [0.25, 0.3) is 0 Å². The Hall–Kier alpha value is -1.77. The molecule has 0 bridgehead atoms. The maximum Gasteiger partial charge on any atom is 0.0995 e. The minimum Gasteiger partial charge on any atom is -0.399 e. The Morgan fingerprint density at radius 2 is 2.00 bits per heavy atom. The number of nitrogens with zero attached hydrogens (tertiary/aromatic N) is 2. The van der Waals surface area contributed by atoms with Crippen molar-refractivity contribution in [3.05, 3.63) is 42.5 Å². The van der Waals surface area contributed by atoms with Gasteiger partial charge in [-0.2, -0.15) is 0 Å². The number of hydrogen-bond acceptors (Lipinski definition) is 2. The highest BCUT2D eigenvalue weighted by molar-refractivity contribution is 5.47. The number of benzene rings is 1. The van der Waals surface area contributed by atoms with E-state index in [9.17, 15) is 0 Å². The molecule has 15 heavy (non-hydrogen) atoms. The lowest BCUT2D eigenvalue weighted by Gasteiger charge is -2.01.